The van der Waals surface area contributed by atoms with Gasteiger partial charge in [-0.1, -0.05) is 43.0 Å². The second kappa shape index (κ2) is 9.16. The molecule has 0 saturated heterocycles. The zero-order chi connectivity index (χ0) is 21.1. The van der Waals surface area contributed by atoms with Crippen molar-refractivity contribution in [1.29, 1.82) is 0 Å². The molecule has 0 bridgehead atoms. The van der Waals surface area contributed by atoms with Gasteiger partial charge in [0.2, 0.25) is 0 Å². The minimum Gasteiger partial charge on any atom is -0.490 e. The number of hydrogen-bond donors (Lipinski definition) is 0. The van der Waals surface area contributed by atoms with Crippen LogP contribution in [0.15, 0.2) is 61.7 Å². The van der Waals surface area contributed by atoms with Crippen molar-refractivity contribution in [2.75, 3.05) is 6.61 Å². The molecule has 4 atom stereocenters. The molecule has 3 heteroatoms. The maximum atomic E-state index is 15.1. The van der Waals surface area contributed by atoms with Gasteiger partial charge >= 0.3 is 0 Å². The lowest BCUT2D eigenvalue weighted by atomic mass is 9.64. The van der Waals surface area contributed by atoms with Crippen LogP contribution in [0.2, 0.25) is 0 Å². The first kappa shape index (κ1) is 20.8. The average molecular weight is 409 g/mol. The van der Waals surface area contributed by atoms with Crippen molar-refractivity contribution >= 4 is 0 Å². The van der Waals surface area contributed by atoms with Crippen molar-refractivity contribution in [3.63, 3.8) is 0 Å². The Kier molecular flexibility index (Phi) is 6.36. The first-order valence-electron chi connectivity index (χ1n) is 11.0. The summed E-state index contributed by atoms with van der Waals surface area (Å²) in [4.78, 5) is 0. The maximum absolute atomic E-state index is 15.1. The second-order valence-corrected chi connectivity index (χ2v) is 8.79. The lowest BCUT2D eigenvalue weighted by Crippen LogP contribution is -2.30. The van der Waals surface area contributed by atoms with Crippen LogP contribution in [0, 0.1) is 29.4 Å². The lowest BCUT2D eigenvalue weighted by molar-refractivity contribution is 0.132. The summed E-state index contributed by atoms with van der Waals surface area (Å²) in [5.74, 6) is 1.35. The van der Waals surface area contributed by atoms with Crippen molar-refractivity contribution in [2.45, 2.75) is 44.4 Å². The maximum Gasteiger partial charge on any atom is 0.166 e. The van der Waals surface area contributed by atoms with Gasteiger partial charge in [0.1, 0.15) is 12.4 Å². The van der Waals surface area contributed by atoms with Gasteiger partial charge in [-0.05, 0) is 85.5 Å². The Morgan fingerprint density at radius 2 is 1.60 bits per heavy atom. The van der Waals surface area contributed by atoms with E-state index in [1.807, 2.05) is 0 Å². The SMILES string of the molecule is C=CCOc1ccc(-c2ccc(C3CCC4CC(C=C)CCC4C3)c(F)c2F)cc1. The van der Waals surface area contributed by atoms with Gasteiger partial charge in [0.25, 0.3) is 0 Å². The van der Waals surface area contributed by atoms with E-state index in [2.05, 4.69) is 19.2 Å². The Labute approximate surface area is 178 Å². The Hall–Kier alpha value is -2.42. The van der Waals surface area contributed by atoms with Crippen LogP contribution in [0.25, 0.3) is 11.1 Å². The van der Waals surface area contributed by atoms with Gasteiger partial charge in [0, 0.05) is 5.56 Å². The van der Waals surface area contributed by atoms with Gasteiger partial charge in [-0.25, -0.2) is 8.78 Å². The molecule has 2 aromatic rings. The first-order chi connectivity index (χ1) is 14.6. The molecule has 4 rings (SSSR count). The van der Waals surface area contributed by atoms with Crippen LogP contribution < -0.4 is 4.74 Å². The van der Waals surface area contributed by atoms with Crippen LogP contribution in [0.3, 0.4) is 0 Å². The van der Waals surface area contributed by atoms with E-state index in [1.54, 1.807) is 42.5 Å². The predicted molar refractivity (Wildman–Crippen MR) is 119 cm³/mol. The Morgan fingerprint density at radius 1 is 0.867 bits per heavy atom. The van der Waals surface area contributed by atoms with Gasteiger partial charge in [-0.15, -0.1) is 6.58 Å². The highest BCUT2D eigenvalue weighted by atomic mass is 19.2. The Bertz CT molecular complexity index is 902. The van der Waals surface area contributed by atoms with E-state index in [9.17, 15) is 0 Å². The Balaban J connectivity index is 1.51. The second-order valence-electron chi connectivity index (χ2n) is 8.79. The molecule has 0 radical (unpaired) electrons. The van der Waals surface area contributed by atoms with E-state index in [0.717, 1.165) is 19.3 Å². The molecule has 0 N–H and O–H groups in total. The third-order valence-electron chi connectivity index (χ3n) is 7.07. The third kappa shape index (κ3) is 4.21. The highest BCUT2D eigenvalue weighted by molar-refractivity contribution is 5.65. The van der Waals surface area contributed by atoms with E-state index in [1.165, 1.54) is 19.3 Å². The van der Waals surface area contributed by atoms with E-state index >= 15 is 8.78 Å². The molecule has 2 fully saturated rings. The Morgan fingerprint density at radius 3 is 2.33 bits per heavy atom. The summed E-state index contributed by atoms with van der Waals surface area (Å²) >= 11 is 0. The predicted octanol–water partition coefficient (Wildman–Crippen LogP) is 7.68. The molecule has 2 aliphatic rings. The molecule has 0 heterocycles. The quantitative estimate of drug-likeness (QED) is 0.445. The van der Waals surface area contributed by atoms with Crippen LogP contribution >= 0.6 is 0 Å². The van der Waals surface area contributed by atoms with Gasteiger partial charge in [0.15, 0.2) is 11.6 Å². The van der Waals surface area contributed by atoms with Gasteiger partial charge in [0.05, 0.1) is 0 Å². The molecule has 0 aromatic heterocycles. The number of rotatable bonds is 6. The fourth-order valence-corrected chi connectivity index (χ4v) is 5.41. The largest absolute Gasteiger partial charge is 0.490 e. The van der Waals surface area contributed by atoms with E-state index in [0.29, 0.717) is 46.8 Å². The minimum absolute atomic E-state index is 0.116. The number of ether oxygens (including phenoxy) is 1. The smallest absolute Gasteiger partial charge is 0.166 e. The van der Waals surface area contributed by atoms with Crippen molar-refractivity contribution < 1.29 is 13.5 Å². The van der Waals surface area contributed by atoms with Crippen LogP contribution in [-0.4, -0.2) is 6.61 Å². The van der Waals surface area contributed by atoms with Crippen molar-refractivity contribution in [1.82, 2.24) is 0 Å². The molecule has 0 spiro atoms. The molecule has 30 heavy (non-hydrogen) atoms. The number of hydrogen-bond acceptors (Lipinski definition) is 1. The van der Waals surface area contributed by atoms with E-state index in [4.69, 9.17) is 4.74 Å². The molecule has 2 saturated carbocycles. The van der Waals surface area contributed by atoms with Gasteiger partial charge in [-0.2, -0.15) is 0 Å². The molecule has 0 aliphatic heterocycles. The zero-order valence-corrected chi connectivity index (χ0v) is 17.5. The van der Waals surface area contributed by atoms with Crippen LogP contribution in [-0.2, 0) is 0 Å². The number of fused-ring (bicyclic) bond motifs is 1. The summed E-state index contributed by atoms with van der Waals surface area (Å²) < 4.78 is 35.6. The molecule has 0 amide bonds. The van der Waals surface area contributed by atoms with Crippen molar-refractivity contribution in [3.8, 4) is 16.9 Å². The highest BCUT2D eigenvalue weighted by Gasteiger charge is 2.36. The van der Waals surface area contributed by atoms with Crippen molar-refractivity contribution in [3.05, 3.63) is 78.9 Å². The average Bonchev–Trinajstić information content (AvgIpc) is 2.79. The summed E-state index contributed by atoms with van der Waals surface area (Å²) in [6.45, 7) is 7.98. The molecule has 1 nitrogen and oxygen atoms in total. The normalized spacial score (nSPS) is 25.9. The summed E-state index contributed by atoms with van der Waals surface area (Å²) in [7, 11) is 0. The van der Waals surface area contributed by atoms with Crippen LogP contribution in [0.1, 0.15) is 50.0 Å². The third-order valence-corrected chi connectivity index (χ3v) is 7.07. The first-order valence-corrected chi connectivity index (χ1v) is 11.0. The molecule has 4 unspecified atom stereocenters. The van der Waals surface area contributed by atoms with Crippen LogP contribution in [0.5, 0.6) is 5.75 Å². The standard InChI is InChI=1S/C27H30F2O/c1-3-15-30-23-11-9-19(10-12-23)24-13-14-25(27(29)26(24)28)22-8-7-20-16-18(4-2)5-6-21(20)17-22/h3-4,9-14,18,20-22H,1-2,5-8,15-17H2. The van der Waals surface area contributed by atoms with Crippen molar-refractivity contribution in [2.24, 2.45) is 17.8 Å². The van der Waals surface area contributed by atoms with E-state index in [-0.39, 0.29) is 5.92 Å². The molecule has 158 valence electrons. The van der Waals surface area contributed by atoms with Crippen LogP contribution in [0.4, 0.5) is 8.78 Å². The fourth-order valence-electron chi connectivity index (χ4n) is 5.41. The summed E-state index contributed by atoms with van der Waals surface area (Å²) in [6, 6.07) is 10.6. The number of halogens is 2. The van der Waals surface area contributed by atoms with Gasteiger partial charge in [-0.3, -0.25) is 0 Å². The molecule has 2 aromatic carbocycles. The summed E-state index contributed by atoms with van der Waals surface area (Å²) in [6.07, 6.45) is 10.3. The summed E-state index contributed by atoms with van der Waals surface area (Å²) in [5, 5.41) is 0. The van der Waals surface area contributed by atoms with Gasteiger partial charge < -0.3 is 4.74 Å². The highest BCUT2D eigenvalue weighted by Crippen LogP contribution is 2.48. The minimum atomic E-state index is -0.746. The number of allylic oxidation sites excluding steroid dienone is 1. The number of benzene rings is 2. The topological polar surface area (TPSA) is 9.23 Å². The monoisotopic (exact) mass is 408 g/mol. The molecule has 2 aliphatic carbocycles. The fraction of sp³-hybridized carbons (Fsp3) is 0.407. The zero-order valence-electron chi connectivity index (χ0n) is 17.5. The lowest BCUT2D eigenvalue weighted by Gasteiger charge is -2.41. The molecular weight excluding hydrogens is 378 g/mol. The van der Waals surface area contributed by atoms with E-state index < -0.39 is 11.6 Å². The summed E-state index contributed by atoms with van der Waals surface area (Å²) in [5.41, 5.74) is 1.49. The molecular formula is C27H30F2O.